The van der Waals surface area contributed by atoms with Gasteiger partial charge < -0.3 is 35.5 Å². The summed E-state index contributed by atoms with van der Waals surface area (Å²) in [6.07, 6.45) is -0.0405. The molecule has 0 bridgehead atoms. The van der Waals surface area contributed by atoms with Crippen LogP contribution in [0.4, 0.5) is 0 Å². The van der Waals surface area contributed by atoms with Gasteiger partial charge in [-0.1, -0.05) is 13.1 Å². The molecule has 3 atom stereocenters. The second-order valence-electron chi connectivity index (χ2n) is 11.2. The quantitative estimate of drug-likeness (QED) is 0.161. The molecular formula is C19H54O8Si7. The first-order valence-corrected chi connectivity index (χ1v) is 31.0. The van der Waals surface area contributed by atoms with Gasteiger partial charge in [0.2, 0.25) is 0 Å². The molecular weight excluding hydrogens is 553 g/mol. The van der Waals surface area contributed by atoms with Gasteiger partial charge in [-0.25, -0.2) is 0 Å². The second-order valence-corrected chi connectivity index (χ2v) is 33.7. The minimum Gasteiger partial charge on any atom is -0.456 e. The standard InChI is InChI=1S/C19H54O8Si7/c1-28-23-32(8,9)26-34(11,16-15-31(6,7)25-30(3,4)5)27-33(10,24-29-2)14-12-13-22-18-19(21)17-20/h19-21H,12-18,28-29H2,1-11H3. The fraction of sp³-hybridized carbons (Fsp3) is 1.00. The zero-order valence-corrected chi connectivity index (χ0v) is 31.6. The first kappa shape index (κ1) is 35.2. The van der Waals surface area contributed by atoms with Crippen LogP contribution < -0.4 is 0 Å². The molecule has 15 heteroatoms. The summed E-state index contributed by atoms with van der Waals surface area (Å²) in [5.41, 5.74) is 0. The highest BCUT2D eigenvalue weighted by Gasteiger charge is 2.47. The van der Waals surface area contributed by atoms with E-state index < -0.39 is 67.9 Å². The zero-order chi connectivity index (χ0) is 26.7. The Labute approximate surface area is 219 Å². The van der Waals surface area contributed by atoms with Crippen LogP contribution in [0.1, 0.15) is 6.42 Å². The van der Waals surface area contributed by atoms with Gasteiger partial charge in [-0.2, -0.15) is 0 Å². The normalized spacial score (nSPS) is 18.6. The molecule has 2 N–H and O–H groups in total. The lowest BCUT2D eigenvalue weighted by atomic mass is 10.4. The summed E-state index contributed by atoms with van der Waals surface area (Å²) in [6.45, 7) is 24.7. The summed E-state index contributed by atoms with van der Waals surface area (Å²) in [5, 5.41) is 18.4. The van der Waals surface area contributed by atoms with Gasteiger partial charge in [0.05, 0.1) is 13.2 Å². The van der Waals surface area contributed by atoms with Crippen molar-refractivity contribution in [3.8, 4) is 0 Å². The minimum absolute atomic E-state index is 0.142. The molecule has 0 aliphatic heterocycles. The van der Waals surface area contributed by atoms with E-state index in [1.165, 1.54) is 0 Å². The molecule has 0 rings (SSSR count). The van der Waals surface area contributed by atoms with Crippen molar-refractivity contribution in [2.45, 2.75) is 103 Å². The summed E-state index contributed by atoms with van der Waals surface area (Å²) < 4.78 is 38.5. The molecule has 0 saturated carbocycles. The highest BCUT2D eigenvalue weighted by molar-refractivity contribution is 6.89. The predicted octanol–water partition coefficient (Wildman–Crippen LogP) is 2.98. The minimum atomic E-state index is -2.60. The van der Waals surface area contributed by atoms with E-state index in [2.05, 4.69) is 72.0 Å². The largest absolute Gasteiger partial charge is 0.456 e. The van der Waals surface area contributed by atoms with Crippen LogP contribution in [0.15, 0.2) is 0 Å². The lowest BCUT2D eigenvalue weighted by molar-refractivity contribution is 0.00624. The molecule has 0 aromatic rings. The predicted molar refractivity (Wildman–Crippen MR) is 159 cm³/mol. The smallest absolute Gasteiger partial charge is 0.317 e. The summed E-state index contributed by atoms with van der Waals surface area (Å²) in [5.74, 6) is 0. The maximum atomic E-state index is 9.47. The Hall–Kier alpha value is 1.20. The molecule has 0 fully saturated rings. The number of hydrogen-bond donors (Lipinski definition) is 2. The molecule has 0 saturated heterocycles. The van der Waals surface area contributed by atoms with E-state index in [9.17, 15) is 5.11 Å². The van der Waals surface area contributed by atoms with E-state index in [4.69, 9.17) is 30.4 Å². The molecule has 0 amide bonds. The molecule has 34 heavy (non-hydrogen) atoms. The van der Waals surface area contributed by atoms with Gasteiger partial charge in [-0.15, -0.1) is 0 Å². The van der Waals surface area contributed by atoms with E-state index in [-0.39, 0.29) is 13.2 Å². The van der Waals surface area contributed by atoms with Crippen molar-refractivity contribution in [1.29, 1.82) is 0 Å². The van der Waals surface area contributed by atoms with Crippen LogP contribution in [0, 0.1) is 0 Å². The Balaban J connectivity index is 5.48. The van der Waals surface area contributed by atoms with Crippen LogP contribution in [-0.2, 0) is 25.3 Å². The summed E-state index contributed by atoms with van der Waals surface area (Å²) in [4.78, 5) is 0. The monoisotopic (exact) mass is 606 g/mol. The maximum Gasteiger partial charge on any atom is 0.317 e. The highest BCUT2D eigenvalue weighted by atomic mass is 28.5. The molecule has 3 unspecified atom stereocenters. The van der Waals surface area contributed by atoms with Crippen LogP contribution in [-0.4, -0.2) is 98.0 Å². The van der Waals surface area contributed by atoms with Gasteiger partial charge in [-0.3, -0.25) is 0 Å². The van der Waals surface area contributed by atoms with Gasteiger partial charge in [0.1, 0.15) is 25.6 Å². The summed E-state index contributed by atoms with van der Waals surface area (Å²) >= 11 is 0. The van der Waals surface area contributed by atoms with E-state index in [1.54, 1.807) is 0 Å². The molecule has 0 heterocycles. The van der Waals surface area contributed by atoms with E-state index in [0.717, 1.165) is 24.6 Å². The van der Waals surface area contributed by atoms with Gasteiger partial charge in [-0.05, 0) is 83.5 Å². The Morgan fingerprint density at radius 2 is 1.32 bits per heavy atom. The first-order valence-electron chi connectivity index (χ1n) is 12.7. The first-order chi connectivity index (χ1) is 15.4. The fourth-order valence-electron chi connectivity index (χ4n) is 4.11. The fourth-order valence-corrected chi connectivity index (χ4v) is 33.1. The Morgan fingerprint density at radius 1 is 0.735 bits per heavy atom. The average Bonchev–Trinajstić information content (AvgIpc) is 2.63. The Morgan fingerprint density at radius 3 is 1.82 bits per heavy atom. The van der Waals surface area contributed by atoms with Crippen molar-refractivity contribution in [2.75, 3.05) is 19.8 Å². The molecule has 0 radical (unpaired) electrons. The lowest BCUT2D eigenvalue weighted by Gasteiger charge is -2.42. The number of aliphatic hydroxyl groups excluding tert-OH is 2. The van der Waals surface area contributed by atoms with Crippen LogP contribution >= 0.6 is 0 Å². The third-order valence-electron chi connectivity index (χ3n) is 5.04. The van der Waals surface area contributed by atoms with Gasteiger partial charge in [0.15, 0.2) is 16.6 Å². The molecule has 0 aromatic carbocycles. The molecule has 0 aliphatic rings. The van der Waals surface area contributed by atoms with Crippen molar-refractivity contribution in [3.05, 3.63) is 0 Å². The number of hydrogen-bond acceptors (Lipinski definition) is 8. The number of ether oxygens (including phenoxy) is 1. The summed E-state index contributed by atoms with van der Waals surface area (Å²) in [6, 6.07) is 2.70. The average molecular weight is 607 g/mol. The van der Waals surface area contributed by atoms with Crippen LogP contribution in [0.2, 0.25) is 90.1 Å². The maximum absolute atomic E-state index is 9.47. The zero-order valence-electron chi connectivity index (χ0n) is 23.8. The topological polar surface area (TPSA) is 95.8 Å². The Kier molecular flexibility index (Phi) is 16.1. The molecule has 0 spiro atoms. The number of rotatable bonds is 20. The van der Waals surface area contributed by atoms with Crippen LogP contribution in [0.25, 0.3) is 0 Å². The van der Waals surface area contributed by atoms with Crippen LogP contribution in [0.3, 0.4) is 0 Å². The Bertz CT molecular complexity index is 567. The third-order valence-corrected chi connectivity index (χ3v) is 28.8. The summed E-state index contributed by atoms with van der Waals surface area (Å²) in [7, 11) is -12.1. The molecule has 0 aliphatic carbocycles. The van der Waals surface area contributed by atoms with Crippen molar-refractivity contribution in [1.82, 2.24) is 0 Å². The van der Waals surface area contributed by atoms with Crippen LogP contribution in [0.5, 0.6) is 0 Å². The van der Waals surface area contributed by atoms with E-state index >= 15 is 0 Å². The molecule has 206 valence electrons. The van der Waals surface area contributed by atoms with Crippen molar-refractivity contribution < 1.29 is 35.5 Å². The second kappa shape index (κ2) is 15.6. The van der Waals surface area contributed by atoms with Crippen molar-refractivity contribution in [3.63, 3.8) is 0 Å². The van der Waals surface area contributed by atoms with E-state index in [0.29, 0.717) is 6.61 Å². The van der Waals surface area contributed by atoms with Gasteiger partial charge >= 0.3 is 25.7 Å². The van der Waals surface area contributed by atoms with Gasteiger partial charge in [0.25, 0.3) is 0 Å². The van der Waals surface area contributed by atoms with Crippen molar-refractivity contribution >= 4 is 61.8 Å². The lowest BCUT2D eigenvalue weighted by Crippen LogP contribution is -2.58. The number of aliphatic hydroxyl groups is 2. The van der Waals surface area contributed by atoms with Gasteiger partial charge in [0, 0.05) is 6.61 Å². The van der Waals surface area contributed by atoms with Crippen molar-refractivity contribution in [2.24, 2.45) is 0 Å². The SMILES string of the molecule is C[SiH2]O[Si](C)(C)O[Si](C)(CC[Si](C)(C)O[Si](C)(C)C)O[Si](C)(CCCOCC(O)CO)O[SiH2]C. The molecule has 0 aromatic heterocycles. The van der Waals surface area contributed by atoms with E-state index in [1.807, 2.05) is 0 Å². The third kappa shape index (κ3) is 16.8. The molecule has 8 nitrogen and oxygen atoms in total. The highest BCUT2D eigenvalue weighted by Crippen LogP contribution is 2.32.